The van der Waals surface area contributed by atoms with Gasteiger partial charge in [0.15, 0.2) is 0 Å². The van der Waals surface area contributed by atoms with Gasteiger partial charge < -0.3 is 5.73 Å². The van der Waals surface area contributed by atoms with Crippen molar-refractivity contribution >= 4 is 11.8 Å². The molecule has 16 heavy (non-hydrogen) atoms. The smallest absolute Gasteiger partial charge is 0.0190 e. The maximum atomic E-state index is 5.98. The second kappa shape index (κ2) is 5.24. The van der Waals surface area contributed by atoms with Crippen LogP contribution in [0.1, 0.15) is 36.1 Å². The molecule has 0 bridgehead atoms. The molecule has 1 aromatic carbocycles. The Morgan fingerprint density at radius 3 is 2.06 bits per heavy atom. The van der Waals surface area contributed by atoms with Crippen LogP contribution in [0, 0.1) is 20.8 Å². The highest BCUT2D eigenvalue weighted by atomic mass is 32.2. The topological polar surface area (TPSA) is 26.0 Å². The molecule has 2 heteroatoms. The van der Waals surface area contributed by atoms with Crippen molar-refractivity contribution in [3.63, 3.8) is 0 Å². The van der Waals surface area contributed by atoms with E-state index in [1.165, 1.54) is 22.3 Å². The summed E-state index contributed by atoms with van der Waals surface area (Å²) in [5.74, 6) is 2.07. The summed E-state index contributed by atoms with van der Waals surface area (Å²) in [6.07, 6.45) is 0. The first kappa shape index (κ1) is 13.6. The van der Waals surface area contributed by atoms with Gasteiger partial charge in [0.25, 0.3) is 0 Å². The van der Waals surface area contributed by atoms with Gasteiger partial charge >= 0.3 is 0 Å². The van der Waals surface area contributed by atoms with E-state index >= 15 is 0 Å². The summed E-state index contributed by atoms with van der Waals surface area (Å²) in [7, 11) is 0. The molecule has 0 aliphatic rings. The Bertz CT molecular complexity index is 340. The molecule has 0 aliphatic carbocycles. The molecule has 2 N–H and O–H groups in total. The van der Waals surface area contributed by atoms with Gasteiger partial charge in [0.2, 0.25) is 0 Å². The van der Waals surface area contributed by atoms with Gasteiger partial charge in [-0.05, 0) is 51.3 Å². The Hall–Kier alpha value is -0.470. The molecule has 0 saturated carbocycles. The third kappa shape index (κ3) is 4.18. The molecule has 0 unspecified atom stereocenters. The number of rotatable bonds is 4. The first-order valence-electron chi connectivity index (χ1n) is 5.73. The quantitative estimate of drug-likeness (QED) is 0.866. The zero-order valence-corrected chi connectivity index (χ0v) is 11.9. The van der Waals surface area contributed by atoms with E-state index in [1.54, 1.807) is 0 Å². The molecule has 0 saturated heterocycles. The Balaban J connectivity index is 2.68. The number of aryl methyl sites for hydroxylation is 3. The van der Waals surface area contributed by atoms with Gasteiger partial charge in [-0.3, -0.25) is 0 Å². The summed E-state index contributed by atoms with van der Waals surface area (Å²) in [6, 6.07) is 4.52. The fourth-order valence-corrected chi connectivity index (χ4v) is 3.14. The molecule has 1 nitrogen and oxygen atoms in total. The van der Waals surface area contributed by atoms with E-state index in [9.17, 15) is 0 Å². The summed E-state index contributed by atoms with van der Waals surface area (Å²) >= 11 is 1.92. The van der Waals surface area contributed by atoms with Crippen molar-refractivity contribution in [1.82, 2.24) is 0 Å². The van der Waals surface area contributed by atoms with Crippen molar-refractivity contribution in [2.75, 3.05) is 5.75 Å². The van der Waals surface area contributed by atoms with Gasteiger partial charge in [-0.15, -0.1) is 0 Å². The van der Waals surface area contributed by atoms with Crippen LogP contribution in [0.4, 0.5) is 0 Å². The zero-order chi connectivity index (χ0) is 12.3. The van der Waals surface area contributed by atoms with E-state index in [0.717, 1.165) is 11.5 Å². The molecule has 0 amide bonds. The van der Waals surface area contributed by atoms with Crippen LogP contribution in [0.3, 0.4) is 0 Å². The maximum absolute atomic E-state index is 5.98. The average molecular weight is 237 g/mol. The van der Waals surface area contributed by atoms with Crippen molar-refractivity contribution in [2.45, 2.75) is 45.9 Å². The van der Waals surface area contributed by atoms with Gasteiger partial charge in [-0.1, -0.05) is 17.7 Å². The van der Waals surface area contributed by atoms with E-state index in [0.29, 0.717) is 0 Å². The van der Waals surface area contributed by atoms with Crippen LogP contribution in [-0.4, -0.2) is 11.3 Å². The Kier molecular flexibility index (Phi) is 4.45. The molecule has 0 aromatic heterocycles. The molecule has 0 heterocycles. The van der Waals surface area contributed by atoms with E-state index in [2.05, 4.69) is 46.8 Å². The predicted molar refractivity (Wildman–Crippen MR) is 75.1 cm³/mol. The average Bonchev–Trinajstić information content (AvgIpc) is 2.07. The fraction of sp³-hybridized carbons (Fsp3) is 0.571. The molecule has 0 radical (unpaired) electrons. The number of hydrogen-bond acceptors (Lipinski definition) is 2. The van der Waals surface area contributed by atoms with Crippen LogP contribution >= 0.6 is 11.8 Å². The molecule has 0 spiro atoms. The number of nitrogens with two attached hydrogens (primary N) is 1. The predicted octanol–water partition coefficient (Wildman–Crippen LogP) is 3.58. The summed E-state index contributed by atoms with van der Waals surface area (Å²) in [4.78, 5) is 0. The van der Waals surface area contributed by atoms with E-state index in [-0.39, 0.29) is 5.54 Å². The highest BCUT2D eigenvalue weighted by Gasteiger charge is 2.11. The highest BCUT2D eigenvalue weighted by molar-refractivity contribution is 7.98. The molecule has 0 fully saturated rings. The van der Waals surface area contributed by atoms with Crippen LogP contribution in [0.5, 0.6) is 0 Å². The zero-order valence-electron chi connectivity index (χ0n) is 11.1. The fourth-order valence-electron chi connectivity index (χ4n) is 1.85. The lowest BCUT2D eigenvalue weighted by molar-refractivity contribution is 0.591. The summed E-state index contributed by atoms with van der Waals surface area (Å²) < 4.78 is 0. The van der Waals surface area contributed by atoms with Crippen molar-refractivity contribution in [1.29, 1.82) is 0 Å². The van der Waals surface area contributed by atoms with Crippen molar-refractivity contribution in [3.8, 4) is 0 Å². The first-order chi connectivity index (χ1) is 7.29. The summed E-state index contributed by atoms with van der Waals surface area (Å²) in [5, 5.41) is 0. The molecule has 1 rings (SSSR count). The molecule has 0 atom stereocenters. The van der Waals surface area contributed by atoms with Crippen LogP contribution < -0.4 is 5.73 Å². The highest BCUT2D eigenvalue weighted by Crippen LogP contribution is 2.23. The molecular weight excluding hydrogens is 214 g/mol. The Morgan fingerprint density at radius 2 is 1.62 bits per heavy atom. The third-order valence-electron chi connectivity index (χ3n) is 2.56. The lowest BCUT2D eigenvalue weighted by atomic mass is 10.0. The first-order valence-corrected chi connectivity index (χ1v) is 6.88. The summed E-state index contributed by atoms with van der Waals surface area (Å²) in [6.45, 7) is 10.7. The Labute approximate surface area is 104 Å². The monoisotopic (exact) mass is 237 g/mol. The minimum absolute atomic E-state index is 0.0722. The van der Waals surface area contributed by atoms with Crippen LogP contribution in [0.25, 0.3) is 0 Å². The lowest BCUT2D eigenvalue weighted by Crippen LogP contribution is -2.34. The van der Waals surface area contributed by atoms with Crippen molar-refractivity contribution in [3.05, 3.63) is 34.4 Å². The van der Waals surface area contributed by atoms with Crippen molar-refractivity contribution in [2.24, 2.45) is 5.73 Å². The maximum Gasteiger partial charge on any atom is 0.0190 e. The third-order valence-corrected chi connectivity index (χ3v) is 4.00. The second-order valence-electron chi connectivity index (χ2n) is 5.36. The van der Waals surface area contributed by atoms with E-state index in [4.69, 9.17) is 5.73 Å². The van der Waals surface area contributed by atoms with Gasteiger partial charge in [-0.25, -0.2) is 0 Å². The minimum Gasteiger partial charge on any atom is -0.325 e. The largest absolute Gasteiger partial charge is 0.325 e. The number of hydrogen-bond donors (Lipinski definition) is 1. The van der Waals surface area contributed by atoms with Crippen LogP contribution in [-0.2, 0) is 5.75 Å². The standard InChI is InChI=1S/C14H23NS/c1-10-6-11(2)13(12(3)7-10)8-16-9-14(4,5)15/h6-7H,8-9,15H2,1-5H3. The van der Waals surface area contributed by atoms with Crippen LogP contribution in [0.2, 0.25) is 0 Å². The lowest BCUT2D eigenvalue weighted by Gasteiger charge is -2.18. The molecule has 0 aliphatic heterocycles. The number of benzene rings is 1. The molecule has 1 aromatic rings. The van der Waals surface area contributed by atoms with E-state index < -0.39 is 0 Å². The van der Waals surface area contributed by atoms with Crippen molar-refractivity contribution < 1.29 is 0 Å². The summed E-state index contributed by atoms with van der Waals surface area (Å²) in [5.41, 5.74) is 11.5. The van der Waals surface area contributed by atoms with Gasteiger partial charge in [0, 0.05) is 17.0 Å². The molecule has 90 valence electrons. The SMILES string of the molecule is Cc1cc(C)c(CSCC(C)(C)N)c(C)c1. The van der Waals surface area contributed by atoms with Gasteiger partial charge in [0.05, 0.1) is 0 Å². The molecular formula is C14H23NS. The number of thioether (sulfide) groups is 1. The van der Waals surface area contributed by atoms with Crippen LogP contribution in [0.15, 0.2) is 12.1 Å². The second-order valence-corrected chi connectivity index (χ2v) is 6.34. The van der Waals surface area contributed by atoms with Gasteiger partial charge in [-0.2, -0.15) is 11.8 Å². The Morgan fingerprint density at radius 1 is 1.12 bits per heavy atom. The van der Waals surface area contributed by atoms with E-state index in [1.807, 2.05) is 11.8 Å². The normalized spacial score (nSPS) is 11.9. The minimum atomic E-state index is -0.0722. The van der Waals surface area contributed by atoms with Gasteiger partial charge in [0.1, 0.15) is 0 Å².